The first-order valence-electron chi connectivity index (χ1n) is 10.3. The zero-order valence-corrected chi connectivity index (χ0v) is 20.5. The summed E-state index contributed by atoms with van der Waals surface area (Å²) < 4.78 is 11.1. The molecule has 2 rings (SSSR count). The van der Waals surface area contributed by atoms with E-state index in [1.165, 1.54) is 11.4 Å². The number of nitrogens with one attached hydrogen (secondary N) is 2. The Balaban J connectivity index is 0.00000392. The third-order valence-corrected chi connectivity index (χ3v) is 5.45. The molecule has 0 radical (unpaired) electrons. The number of guanidine groups is 1. The number of rotatable bonds is 12. The number of nitrogens with zero attached hydrogens (tertiary/aromatic N) is 2. The van der Waals surface area contributed by atoms with Gasteiger partial charge in [-0.3, -0.25) is 4.99 Å². The van der Waals surface area contributed by atoms with Crippen molar-refractivity contribution in [2.45, 2.75) is 45.6 Å². The molecule has 1 aliphatic heterocycles. The van der Waals surface area contributed by atoms with Crippen LogP contribution in [0.4, 0.5) is 5.00 Å². The van der Waals surface area contributed by atoms with E-state index >= 15 is 0 Å². The summed E-state index contributed by atoms with van der Waals surface area (Å²) >= 11 is 1.82. The van der Waals surface area contributed by atoms with Crippen molar-refractivity contribution in [2.24, 2.45) is 4.99 Å². The molecule has 2 heterocycles. The Labute approximate surface area is 191 Å². The average Bonchev–Trinajstić information content (AvgIpc) is 3.22. The average molecular weight is 525 g/mol. The van der Waals surface area contributed by atoms with Gasteiger partial charge in [0.1, 0.15) is 0 Å². The van der Waals surface area contributed by atoms with Crippen LogP contribution in [0.3, 0.4) is 0 Å². The summed E-state index contributed by atoms with van der Waals surface area (Å²) in [4.78, 5) is 7.12. The summed E-state index contributed by atoms with van der Waals surface area (Å²) in [6, 6.07) is 4.81. The van der Waals surface area contributed by atoms with Gasteiger partial charge in [0.05, 0.1) is 31.4 Å². The number of unbranched alkanes of at least 4 members (excludes halogenated alkanes) is 1. The minimum absolute atomic E-state index is 0. The Hall–Kier alpha value is -0.580. The van der Waals surface area contributed by atoms with E-state index in [4.69, 9.17) is 9.47 Å². The van der Waals surface area contributed by atoms with Crippen molar-refractivity contribution in [2.75, 3.05) is 57.5 Å². The molecule has 162 valence electrons. The fourth-order valence-electron chi connectivity index (χ4n) is 3.00. The zero-order chi connectivity index (χ0) is 19.2. The number of anilines is 1. The monoisotopic (exact) mass is 524 g/mol. The molecular formula is C20H37IN4O2S. The van der Waals surface area contributed by atoms with Crippen LogP contribution in [0.25, 0.3) is 0 Å². The van der Waals surface area contributed by atoms with Crippen molar-refractivity contribution in [3.8, 4) is 0 Å². The first kappa shape index (κ1) is 25.5. The predicted molar refractivity (Wildman–Crippen MR) is 131 cm³/mol. The Kier molecular flexibility index (Phi) is 14.8. The van der Waals surface area contributed by atoms with Crippen LogP contribution in [0.2, 0.25) is 0 Å². The van der Waals surface area contributed by atoms with E-state index in [2.05, 4.69) is 51.9 Å². The van der Waals surface area contributed by atoms with Crippen molar-refractivity contribution >= 4 is 46.3 Å². The third kappa shape index (κ3) is 10.3. The van der Waals surface area contributed by atoms with Crippen molar-refractivity contribution in [3.05, 3.63) is 17.5 Å². The van der Waals surface area contributed by atoms with Crippen LogP contribution in [0.1, 0.15) is 39.5 Å². The van der Waals surface area contributed by atoms with Crippen LogP contribution in [-0.2, 0) is 9.47 Å². The first-order chi connectivity index (χ1) is 13.3. The maximum atomic E-state index is 5.59. The smallest absolute Gasteiger partial charge is 0.191 e. The van der Waals surface area contributed by atoms with Gasteiger partial charge in [-0.15, -0.1) is 35.3 Å². The molecule has 2 N–H and O–H groups in total. The molecule has 0 aromatic carbocycles. The maximum Gasteiger partial charge on any atom is 0.191 e. The standard InChI is InChI=1S/C20H36N4O2S.HI/c1-3-5-13-25-15-16-26-14-10-22-20(21-4-2)23-18-8-11-24(12-9-18)19-7-6-17-27-19;/h6-7,17-18H,3-5,8-16H2,1-2H3,(H2,21,22,23);1H. The van der Waals surface area contributed by atoms with Crippen LogP contribution in [0.5, 0.6) is 0 Å². The van der Waals surface area contributed by atoms with Crippen LogP contribution in [0, 0.1) is 0 Å². The van der Waals surface area contributed by atoms with Gasteiger partial charge in [0.2, 0.25) is 0 Å². The number of aliphatic imine (C=N–C) groups is 1. The van der Waals surface area contributed by atoms with Crippen LogP contribution < -0.4 is 15.5 Å². The van der Waals surface area contributed by atoms with Gasteiger partial charge >= 0.3 is 0 Å². The molecule has 1 saturated heterocycles. The normalized spacial score (nSPS) is 15.4. The molecule has 1 aliphatic rings. The van der Waals surface area contributed by atoms with Crippen LogP contribution in [-0.4, -0.2) is 64.6 Å². The van der Waals surface area contributed by atoms with Gasteiger partial charge in [-0.2, -0.15) is 0 Å². The first-order valence-corrected chi connectivity index (χ1v) is 11.2. The summed E-state index contributed by atoms with van der Waals surface area (Å²) in [5.74, 6) is 0.898. The highest BCUT2D eigenvalue weighted by atomic mass is 127. The topological polar surface area (TPSA) is 58.1 Å². The molecule has 0 spiro atoms. The molecule has 0 amide bonds. The van der Waals surface area contributed by atoms with E-state index in [-0.39, 0.29) is 24.0 Å². The van der Waals surface area contributed by atoms with E-state index in [1.54, 1.807) is 0 Å². The number of ether oxygens (including phenoxy) is 2. The van der Waals surface area contributed by atoms with E-state index < -0.39 is 0 Å². The van der Waals surface area contributed by atoms with Gasteiger partial charge in [-0.05, 0) is 43.7 Å². The molecule has 1 aromatic heterocycles. The Morgan fingerprint density at radius 2 is 1.93 bits per heavy atom. The quantitative estimate of drug-likeness (QED) is 0.189. The van der Waals surface area contributed by atoms with Crippen molar-refractivity contribution in [3.63, 3.8) is 0 Å². The number of halogens is 1. The summed E-state index contributed by atoms with van der Waals surface area (Å²) in [6.07, 6.45) is 4.55. The molecule has 1 aromatic rings. The van der Waals surface area contributed by atoms with Gasteiger partial charge in [0.25, 0.3) is 0 Å². The highest BCUT2D eigenvalue weighted by molar-refractivity contribution is 14.0. The second-order valence-corrected chi connectivity index (χ2v) is 7.62. The predicted octanol–water partition coefficient (Wildman–Crippen LogP) is 3.72. The number of piperidine rings is 1. The van der Waals surface area contributed by atoms with Crippen molar-refractivity contribution in [1.29, 1.82) is 0 Å². The molecule has 0 atom stereocenters. The minimum atomic E-state index is 0. The lowest BCUT2D eigenvalue weighted by Crippen LogP contribution is -2.48. The van der Waals surface area contributed by atoms with Crippen molar-refractivity contribution in [1.82, 2.24) is 10.6 Å². The van der Waals surface area contributed by atoms with Crippen LogP contribution >= 0.6 is 35.3 Å². The Morgan fingerprint density at radius 1 is 1.18 bits per heavy atom. The number of hydrogen-bond acceptors (Lipinski definition) is 5. The summed E-state index contributed by atoms with van der Waals surface area (Å²) in [6.45, 7) is 10.8. The van der Waals surface area contributed by atoms with Gasteiger partial charge in [0, 0.05) is 32.3 Å². The molecule has 0 saturated carbocycles. The van der Waals surface area contributed by atoms with Gasteiger partial charge in [-0.1, -0.05) is 13.3 Å². The Bertz CT molecular complexity index is 508. The lowest BCUT2D eigenvalue weighted by atomic mass is 10.1. The molecular weight excluding hydrogens is 487 g/mol. The zero-order valence-electron chi connectivity index (χ0n) is 17.3. The summed E-state index contributed by atoms with van der Waals surface area (Å²) in [5.41, 5.74) is 0. The van der Waals surface area contributed by atoms with E-state index in [1.807, 2.05) is 11.3 Å². The highest BCUT2D eigenvalue weighted by Gasteiger charge is 2.20. The van der Waals surface area contributed by atoms with Gasteiger partial charge < -0.3 is 25.0 Å². The van der Waals surface area contributed by atoms with Gasteiger partial charge in [0.15, 0.2) is 5.96 Å². The van der Waals surface area contributed by atoms with E-state index in [0.29, 0.717) is 32.4 Å². The summed E-state index contributed by atoms with van der Waals surface area (Å²) in [5, 5.41) is 10.5. The summed E-state index contributed by atoms with van der Waals surface area (Å²) in [7, 11) is 0. The fourth-order valence-corrected chi connectivity index (χ4v) is 3.78. The SMILES string of the molecule is CCCCOCCOCCN=C(NCC)NC1CCN(c2cccs2)CC1.I. The maximum absolute atomic E-state index is 5.59. The molecule has 0 bridgehead atoms. The molecule has 28 heavy (non-hydrogen) atoms. The van der Waals surface area contributed by atoms with Gasteiger partial charge in [-0.25, -0.2) is 0 Å². The Morgan fingerprint density at radius 3 is 2.57 bits per heavy atom. The second-order valence-electron chi connectivity index (χ2n) is 6.70. The second kappa shape index (κ2) is 16.2. The number of hydrogen-bond donors (Lipinski definition) is 2. The van der Waals surface area contributed by atoms with E-state index in [9.17, 15) is 0 Å². The molecule has 1 fully saturated rings. The molecule has 0 aliphatic carbocycles. The molecule has 0 unspecified atom stereocenters. The van der Waals surface area contributed by atoms with Crippen molar-refractivity contribution < 1.29 is 9.47 Å². The molecule has 8 heteroatoms. The lowest BCUT2D eigenvalue weighted by Gasteiger charge is -2.33. The lowest BCUT2D eigenvalue weighted by molar-refractivity contribution is 0.0497. The highest BCUT2D eigenvalue weighted by Crippen LogP contribution is 2.24. The van der Waals surface area contributed by atoms with Crippen LogP contribution in [0.15, 0.2) is 22.5 Å². The fraction of sp³-hybridized carbons (Fsp3) is 0.750. The van der Waals surface area contributed by atoms with E-state index in [0.717, 1.165) is 51.5 Å². The minimum Gasteiger partial charge on any atom is -0.379 e. The largest absolute Gasteiger partial charge is 0.379 e. The third-order valence-electron chi connectivity index (χ3n) is 4.52. The molecule has 6 nitrogen and oxygen atoms in total. The number of thiophene rings is 1.